The van der Waals surface area contributed by atoms with Gasteiger partial charge in [0.1, 0.15) is 5.82 Å². The molecule has 1 N–H and O–H groups in total. The van der Waals surface area contributed by atoms with E-state index in [4.69, 9.17) is 0 Å². The topological polar surface area (TPSA) is 31.4 Å². The van der Waals surface area contributed by atoms with Crippen LogP contribution in [0.4, 0.5) is 5.82 Å². The molecule has 2 aliphatic rings. The third-order valence-corrected chi connectivity index (χ3v) is 4.38. The van der Waals surface area contributed by atoms with Crippen molar-refractivity contribution in [2.24, 2.45) is 0 Å². The number of rotatable bonds is 3. The molecule has 4 heteroatoms. The zero-order valence-electron chi connectivity index (χ0n) is 12.4. The average Bonchev–Trinajstić information content (AvgIpc) is 2.77. The van der Waals surface area contributed by atoms with Gasteiger partial charge in [-0.3, -0.25) is 4.90 Å². The van der Waals surface area contributed by atoms with Crippen LogP contribution in [0.15, 0.2) is 18.3 Å². The fraction of sp³-hybridized carbons (Fsp3) is 0.688. The molecule has 2 saturated heterocycles. The summed E-state index contributed by atoms with van der Waals surface area (Å²) < 4.78 is 0. The second-order valence-electron chi connectivity index (χ2n) is 5.91. The maximum absolute atomic E-state index is 4.66. The highest BCUT2D eigenvalue weighted by atomic mass is 15.2. The van der Waals surface area contributed by atoms with Crippen LogP contribution in [0.25, 0.3) is 0 Å². The molecule has 2 aliphatic heterocycles. The molecule has 2 fully saturated rings. The molecule has 0 radical (unpaired) electrons. The highest BCUT2D eigenvalue weighted by molar-refractivity contribution is 5.47. The first-order chi connectivity index (χ1) is 9.93. The molecular formula is C16H26N4. The number of pyridine rings is 1. The largest absolute Gasteiger partial charge is 0.354 e. The molecule has 1 aromatic heterocycles. The van der Waals surface area contributed by atoms with E-state index >= 15 is 0 Å². The maximum Gasteiger partial charge on any atom is 0.133 e. The van der Waals surface area contributed by atoms with Crippen LogP contribution in [-0.2, 0) is 6.54 Å². The number of hydrogen-bond donors (Lipinski definition) is 1. The summed E-state index contributed by atoms with van der Waals surface area (Å²) in [5, 5.41) is 3.41. The summed E-state index contributed by atoms with van der Waals surface area (Å²) in [6.07, 6.45) is 7.43. The van der Waals surface area contributed by atoms with Gasteiger partial charge in [0.25, 0.3) is 0 Å². The standard InChI is InChI=1S/C16H26N4/c1-2-4-11-19(10-3-1)14-15-6-5-7-18-16(15)20-12-8-17-9-13-20/h5-7,17H,1-4,8-14H2. The minimum Gasteiger partial charge on any atom is -0.354 e. The van der Waals surface area contributed by atoms with Gasteiger partial charge < -0.3 is 10.2 Å². The molecule has 0 atom stereocenters. The molecule has 0 aromatic carbocycles. The van der Waals surface area contributed by atoms with Crippen molar-refractivity contribution in [1.29, 1.82) is 0 Å². The smallest absolute Gasteiger partial charge is 0.133 e. The number of likely N-dealkylation sites (tertiary alicyclic amines) is 1. The Bertz CT molecular complexity index is 407. The predicted molar refractivity (Wildman–Crippen MR) is 83.1 cm³/mol. The summed E-state index contributed by atoms with van der Waals surface area (Å²) in [7, 11) is 0. The number of aromatic nitrogens is 1. The van der Waals surface area contributed by atoms with E-state index in [0.29, 0.717) is 0 Å². The normalized spacial score (nSPS) is 21.7. The molecule has 0 saturated carbocycles. The van der Waals surface area contributed by atoms with Gasteiger partial charge in [-0.15, -0.1) is 0 Å². The maximum atomic E-state index is 4.66. The number of piperazine rings is 1. The van der Waals surface area contributed by atoms with Gasteiger partial charge in [0, 0.05) is 44.5 Å². The summed E-state index contributed by atoms with van der Waals surface area (Å²) >= 11 is 0. The lowest BCUT2D eigenvalue weighted by Crippen LogP contribution is -2.44. The Morgan fingerprint density at radius 1 is 1.00 bits per heavy atom. The van der Waals surface area contributed by atoms with Crippen molar-refractivity contribution in [2.75, 3.05) is 44.2 Å². The molecule has 0 bridgehead atoms. The second-order valence-corrected chi connectivity index (χ2v) is 5.91. The Morgan fingerprint density at radius 3 is 2.50 bits per heavy atom. The Balaban J connectivity index is 1.71. The van der Waals surface area contributed by atoms with Crippen molar-refractivity contribution in [3.8, 4) is 0 Å². The van der Waals surface area contributed by atoms with Gasteiger partial charge in [-0.1, -0.05) is 18.9 Å². The third-order valence-electron chi connectivity index (χ3n) is 4.38. The van der Waals surface area contributed by atoms with Crippen molar-refractivity contribution >= 4 is 5.82 Å². The van der Waals surface area contributed by atoms with Gasteiger partial charge in [0.2, 0.25) is 0 Å². The Labute approximate surface area is 122 Å². The summed E-state index contributed by atoms with van der Waals surface area (Å²) in [5.74, 6) is 1.21. The van der Waals surface area contributed by atoms with Crippen LogP contribution in [0.5, 0.6) is 0 Å². The van der Waals surface area contributed by atoms with Gasteiger partial charge in [-0.05, 0) is 32.0 Å². The molecule has 0 spiro atoms. The summed E-state index contributed by atoms with van der Waals surface area (Å²) in [6, 6.07) is 4.34. The van der Waals surface area contributed by atoms with Crippen molar-refractivity contribution < 1.29 is 0 Å². The quantitative estimate of drug-likeness (QED) is 0.912. The van der Waals surface area contributed by atoms with E-state index in [1.54, 1.807) is 0 Å². The number of nitrogens with one attached hydrogen (secondary N) is 1. The van der Waals surface area contributed by atoms with Crippen LogP contribution in [-0.4, -0.2) is 49.2 Å². The van der Waals surface area contributed by atoms with Crippen molar-refractivity contribution in [3.05, 3.63) is 23.9 Å². The molecule has 0 amide bonds. The molecule has 0 aliphatic carbocycles. The first kappa shape index (κ1) is 13.8. The number of anilines is 1. The first-order valence-corrected chi connectivity index (χ1v) is 8.05. The van der Waals surface area contributed by atoms with Gasteiger partial charge >= 0.3 is 0 Å². The Morgan fingerprint density at radius 2 is 1.75 bits per heavy atom. The first-order valence-electron chi connectivity index (χ1n) is 8.05. The summed E-state index contributed by atoms with van der Waals surface area (Å²) in [4.78, 5) is 9.70. The lowest BCUT2D eigenvalue weighted by molar-refractivity contribution is 0.276. The Kier molecular flexibility index (Phi) is 4.87. The molecule has 1 aromatic rings. The predicted octanol–water partition coefficient (Wildman–Crippen LogP) is 1.87. The van der Waals surface area contributed by atoms with Gasteiger partial charge in [-0.25, -0.2) is 4.98 Å². The molecule has 3 heterocycles. The lowest BCUT2D eigenvalue weighted by atomic mass is 10.2. The second kappa shape index (κ2) is 7.04. The highest BCUT2D eigenvalue weighted by Gasteiger charge is 2.17. The molecule has 110 valence electrons. The molecular weight excluding hydrogens is 248 g/mol. The van der Waals surface area contributed by atoms with Crippen LogP contribution in [0.3, 0.4) is 0 Å². The van der Waals surface area contributed by atoms with Crippen LogP contribution >= 0.6 is 0 Å². The molecule has 0 unspecified atom stereocenters. The van der Waals surface area contributed by atoms with Gasteiger partial charge in [0.05, 0.1) is 0 Å². The Hall–Kier alpha value is -1.13. The molecule has 3 rings (SSSR count). The van der Waals surface area contributed by atoms with Crippen LogP contribution in [0.1, 0.15) is 31.2 Å². The zero-order chi connectivity index (χ0) is 13.6. The van der Waals surface area contributed by atoms with Gasteiger partial charge in [-0.2, -0.15) is 0 Å². The fourth-order valence-corrected chi connectivity index (χ4v) is 3.25. The average molecular weight is 274 g/mol. The van der Waals surface area contributed by atoms with E-state index in [9.17, 15) is 0 Å². The number of nitrogens with zero attached hydrogens (tertiary/aromatic N) is 3. The van der Waals surface area contributed by atoms with Gasteiger partial charge in [0.15, 0.2) is 0 Å². The van der Waals surface area contributed by atoms with E-state index in [1.807, 2.05) is 6.20 Å². The fourth-order valence-electron chi connectivity index (χ4n) is 3.25. The van der Waals surface area contributed by atoms with E-state index in [1.165, 1.54) is 50.2 Å². The summed E-state index contributed by atoms with van der Waals surface area (Å²) in [5.41, 5.74) is 1.40. The highest BCUT2D eigenvalue weighted by Crippen LogP contribution is 2.21. The van der Waals surface area contributed by atoms with E-state index in [-0.39, 0.29) is 0 Å². The van der Waals surface area contributed by atoms with E-state index in [2.05, 4.69) is 32.2 Å². The van der Waals surface area contributed by atoms with Crippen LogP contribution < -0.4 is 10.2 Å². The van der Waals surface area contributed by atoms with E-state index < -0.39 is 0 Å². The van der Waals surface area contributed by atoms with Crippen molar-refractivity contribution in [2.45, 2.75) is 32.2 Å². The molecule has 20 heavy (non-hydrogen) atoms. The summed E-state index contributed by atoms with van der Waals surface area (Å²) in [6.45, 7) is 7.84. The van der Waals surface area contributed by atoms with Crippen molar-refractivity contribution in [1.82, 2.24) is 15.2 Å². The van der Waals surface area contributed by atoms with Crippen LogP contribution in [0, 0.1) is 0 Å². The van der Waals surface area contributed by atoms with E-state index in [0.717, 1.165) is 32.7 Å². The van der Waals surface area contributed by atoms with Crippen molar-refractivity contribution in [3.63, 3.8) is 0 Å². The SMILES string of the molecule is c1cnc(N2CCNCC2)c(CN2CCCCCC2)c1. The lowest BCUT2D eigenvalue weighted by Gasteiger charge is -2.31. The zero-order valence-corrected chi connectivity index (χ0v) is 12.4. The monoisotopic (exact) mass is 274 g/mol. The molecule has 4 nitrogen and oxygen atoms in total. The van der Waals surface area contributed by atoms with Crippen LogP contribution in [0.2, 0.25) is 0 Å². The minimum absolute atomic E-state index is 1.06. The number of hydrogen-bond acceptors (Lipinski definition) is 4. The third kappa shape index (κ3) is 3.49. The minimum atomic E-state index is 1.06.